The second-order valence-electron chi connectivity index (χ2n) is 6.55. The van der Waals surface area contributed by atoms with Gasteiger partial charge in [0.25, 0.3) is 0 Å². The molecule has 3 rings (SSSR count). The van der Waals surface area contributed by atoms with Gasteiger partial charge in [-0.1, -0.05) is 23.7 Å². The van der Waals surface area contributed by atoms with E-state index in [1.807, 2.05) is 36.2 Å². The first-order chi connectivity index (χ1) is 10.0. The van der Waals surface area contributed by atoms with E-state index in [4.69, 9.17) is 11.6 Å². The average Bonchev–Trinajstić information content (AvgIpc) is 3.19. The highest BCUT2D eigenvalue weighted by Gasteiger charge is 2.58. The molecule has 1 aromatic rings. The second-order valence-corrected chi connectivity index (χ2v) is 6.98. The van der Waals surface area contributed by atoms with Crippen molar-refractivity contribution in [2.45, 2.75) is 32.2 Å². The summed E-state index contributed by atoms with van der Waals surface area (Å²) in [6, 6.07) is 7.87. The van der Waals surface area contributed by atoms with E-state index in [0.717, 1.165) is 42.9 Å². The van der Waals surface area contributed by atoms with Gasteiger partial charge in [-0.15, -0.1) is 12.4 Å². The maximum absolute atomic E-state index is 12.7. The fourth-order valence-electron chi connectivity index (χ4n) is 3.58. The Balaban J connectivity index is 0.00000176. The van der Waals surface area contributed by atoms with E-state index in [9.17, 15) is 4.79 Å². The number of nitrogens with one attached hydrogen (secondary N) is 1. The first-order valence-corrected chi connectivity index (χ1v) is 8.14. The number of benzene rings is 1. The number of rotatable bonds is 3. The third-order valence-corrected chi connectivity index (χ3v) is 5.62. The van der Waals surface area contributed by atoms with Crippen molar-refractivity contribution in [3.8, 4) is 0 Å². The van der Waals surface area contributed by atoms with Crippen molar-refractivity contribution in [3.63, 3.8) is 0 Å². The Labute approximate surface area is 143 Å². The number of amides is 1. The summed E-state index contributed by atoms with van der Waals surface area (Å²) in [7, 11) is 1.93. The summed E-state index contributed by atoms with van der Waals surface area (Å²) in [5.74, 6) is 0.540. The number of carbonyl (C=O) groups excluding carboxylic acids is 1. The molecular weight excluding hydrogens is 319 g/mol. The molecule has 3 nitrogen and oxygen atoms in total. The Kier molecular flexibility index (Phi) is 5.41. The SMILES string of the molecule is CC(c1ccc(Cl)cc1)N(C)C(=O)C1CC12CCNCC2.Cl. The smallest absolute Gasteiger partial charge is 0.226 e. The van der Waals surface area contributed by atoms with Crippen LogP contribution < -0.4 is 5.32 Å². The van der Waals surface area contributed by atoms with Crippen LogP contribution in [-0.4, -0.2) is 30.9 Å². The van der Waals surface area contributed by atoms with Crippen LogP contribution in [0.1, 0.15) is 37.8 Å². The van der Waals surface area contributed by atoms with Crippen LogP contribution in [0.25, 0.3) is 0 Å². The van der Waals surface area contributed by atoms with Gasteiger partial charge in [0.15, 0.2) is 0 Å². The molecule has 1 saturated carbocycles. The standard InChI is InChI=1S/C17H23ClN2O.ClH/c1-12(13-3-5-14(18)6-4-13)20(2)16(21)15-11-17(15)7-9-19-10-8-17;/h3-6,12,15,19H,7-11H2,1-2H3;1H. The Morgan fingerprint density at radius 2 is 1.91 bits per heavy atom. The molecule has 5 heteroatoms. The Hall–Kier alpha value is -0.770. The predicted octanol–water partition coefficient (Wildman–Crippen LogP) is 3.67. The fraction of sp³-hybridized carbons (Fsp3) is 0.588. The maximum Gasteiger partial charge on any atom is 0.226 e. The molecule has 1 heterocycles. The minimum Gasteiger partial charge on any atom is -0.339 e. The van der Waals surface area contributed by atoms with Gasteiger partial charge in [-0.3, -0.25) is 4.79 Å². The monoisotopic (exact) mass is 342 g/mol. The molecule has 1 N–H and O–H groups in total. The summed E-state index contributed by atoms with van der Waals surface area (Å²) in [4.78, 5) is 14.6. The number of hydrogen-bond acceptors (Lipinski definition) is 2. The summed E-state index contributed by atoms with van der Waals surface area (Å²) in [6.45, 7) is 4.19. The summed E-state index contributed by atoms with van der Waals surface area (Å²) in [6.07, 6.45) is 3.37. The molecule has 0 bridgehead atoms. The van der Waals surface area contributed by atoms with Crippen molar-refractivity contribution in [1.29, 1.82) is 0 Å². The largest absolute Gasteiger partial charge is 0.339 e. The van der Waals surface area contributed by atoms with Crippen LogP contribution >= 0.6 is 24.0 Å². The van der Waals surface area contributed by atoms with Gasteiger partial charge < -0.3 is 10.2 Å². The zero-order chi connectivity index (χ0) is 15.0. The average molecular weight is 343 g/mol. The van der Waals surface area contributed by atoms with Crippen molar-refractivity contribution in [3.05, 3.63) is 34.9 Å². The summed E-state index contributed by atoms with van der Waals surface area (Å²) in [5.41, 5.74) is 1.44. The summed E-state index contributed by atoms with van der Waals surface area (Å²) >= 11 is 5.93. The lowest BCUT2D eigenvalue weighted by Crippen LogP contribution is -2.35. The maximum atomic E-state index is 12.7. The fourth-order valence-corrected chi connectivity index (χ4v) is 3.70. The van der Waals surface area contributed by atoms with Gasteiger partial charge in [0, 0.05) is 18.0 Å². The Morgan fingerprint density at radius 1 is 1.32 bits per heavy atom. The van der Waals surface area contributed by atoms with Crippen LogP contribution in [0.2, 0.25) is 5.02 Å². The van der Waals surface area contributed by atoms with Gasteiger partial charge in [0.05, 0.1) is 6.04 Å². The van der Waals surface area contributed by atoms with E-state index in [1.54, 1.807) is 0 Å². The molecule has 2 fully saturated rings. The van der Waals surface area contributed by atoms with Gasteiger partial charge in [-0.25, -0.2) is 0 Å². The highest BCUT2D eigenvalue weighted by Crippen LogP contribution is 2.59. The molecule has 1 saturated heterocycles. The summed E-state index contributed by atoms with van der Waals surface area (Å²) in [5, 5.41) is 4.12. The normalized spacial score (nSPS) is 23.5. The van der Waals surface area contributed by atoms with E-state index in [0.29, 0.717) is 11.3 Å². The third kappa shape index (κ3) is 3.27. The highest BCUT2D eigenvalue weighted by molar-refractivity contribution is 6.30. The lowest BCUT2D eigenvalue weighted by molar-refractivity contribution is -0.134. The molecule has 122 valence electrons. The van der Waals surface area contributed by atoms with E-state index < -0.39 is 0 Å². The molecule has 1 aliphatic carbocycles. The molecule has 1 amide bonds. The minimum absolute atomic E-state index is 0. The number of carbonyl (C=O) groups is 1. The van der Waals surface area contributed by atoms with E-state index in [1.165, 1.54) is 0 Å². The highest BCUT2D eigenvalue weighted by atomic mass is 35.5. The van der Waals surface area contributed by atoms with Crippen LogP contribution in [0, 0.1) is 11.3 Å². The molecule has 0 radical (unpaired) electrons. The molecule has 2 atom stereocenters. The molecule has 2 unspecified atom stereocenters. The van der Waals surface area contributed by atoms with Crippen LogP contribution in [0.4, 0.5) is 0 Å². The first-order valence-electron chi connectivity index (χ1n) is 7.76. The number of piperidine rings is 1. The number of nitrogens with zero attached hydrogens (tertiary/aromatic N) is 1. The molecule has 0 aromatic heterocycles. The molecule has 1 spiro atoms. The number of hydrogen-bond donors (Lipinski definition) is 1. The quantitative estimate of drug-likeness (QED) is 0.908. The van der Waals surface area contributed by atoms with Gasteiger partial charge in [0.1, 0.15) is 0 Å². The predicted molar refractivity (Wildman–Crippen MR) is 92.5 cm³/mol. The van der Waals surface area contributed by atoms with E-state index in [-0.39, 0.29) is 24.4 Å². The van der Waals surface area contributed by atoms with Crippen molar-refractivity contribution in [2.24, 2.45) is 11.3 Å². The molecular formula is C17H24Cl2N2O. The van der Waals surface area contributed by atoms with E-state index in [2.05, 4.69) is 12.2 Å². The second kappa shape index (κ2) is 6.77. The molecule has 22 heavy (non-hydrogen) atoms. The Bertz CT molecular complexity index is 526. The third-order valence-electron chi connectivity index (χ3n) is 5.37. The zero-order valence-corrected chi connectivity index (χ0v) is 14.7. The van der Waals surface area contributed by atoms with Gasteiger partial charge in [-0.2, -0.15) is 0 Å². The Morgan fingerprint density at radius 3 is 2.50 bits per heavy atom. The van der Waals surface area contributed by atoms with E-state index >= 15 is 0 Å². The topological polar surface area (TPSA) is 32.3 Å². The minimum atomic E-state index is 0. The van der Waals surface area contributed by atoms with Crippen LogP contribution in [-0.2, 0) is 4.79 Å². The molecule has 1 aliphatic heterocycles. The van der Waals surface area contributed by atoms with Crippen LogP contribution in [0.5, 0.6) is 0 Å². The van der Waals surface area contributed by atoms with Crippen LogP contribution in [0.3, 0.4) is 0 Å². The zero-order valence-electron chi connectivity index (χ0n) is 13.1. The molecule has 1 aromatic carbocycles. The van der Waals surface area contributed by atoms with Gasteiger partial charge >= 0.3 is 0 Å². The van der Waals surface area contributed by atoms with Crippen LogP contribution in [0.15, 0.2) is 24.3 Å². The van der Waals surface area contributed by atoms with Crippen molar-refractivity contribution in [2.75, 3.05) is 20.1 Å². The first kappa shape index (κ1) is 17.6. The van der Waals surface area contributed by atoms with Crippen molar-refractivity contribution < 1.29 is 4.79 Å². The lowest BCUT2D eigenvalue weighted by atomic mass is 9.91. The van der Waals surface area contributed by atoms with Crippen molar-refractivity contribution >= 4 is 29.9 Å². The molecule has 2 aliphatic rings. The summed E-state index contributed by atoms with van der Waals surface area (Å²) < 4.78 is 0. The van der Waals surface area contributed by atoms with Gasteiger partial charge in [0.2, 0.25) is 5.91 Å². The van der Waals surface area contributed by atoms with Crippen molar-refractivity contribution in [1.82, 2.24) is 10.2 Å². The van der Waals surface area contributed by atoms with Gasteiger partial charge in [-0.05, 0) is 62.4 Å². The number of halogens is 2. The lowest BCUT2D eigenvalue weighted by Gasteiger charge is -2.28.